The van der Waals surface area contributed by atoms with E-state index < -0.39 is 10.2 Å². The van der Waals surface area contributed by atoms with Crippen LogP contribution in [0.2, 0.25) is 0 Å². The highest BCUT2D eigenvalue weighted by Gasteiger charge is 2.27. The van der Waals surface area contributed by atoms with Gasteiger partial charge in [-0.15, -0.1) is 5.10 Å². The lowest BCUT2D eigenvalue weighted by Crippen LogP contribution is -2.44. The van der Waals surface area contributed by atoms with Gasteiger partial charge in [-0.05, 0) is 44.6 Å². The van der Waals surface area contributed by atoms with E-state index in [2.05, 4.69) is 40.7 Å². The number of carbonyl (C=O) groups excluding carboxylic acids is 1. The summed E-state index contributed by atoms with van der Waals surface area (Å²) in [5.74, 6) is 0.631. The molecule has 0 radical (unpaired) electrons. The van der Waals surface area contributed by atoms with Gasteiger partial charge in [0.05, 0.1) is 11.9 Å². The summed E-state index contributed by atoms with van der Waals surface area (Å²) in [7, 11) is -0.419. The zero-order chi connectivity index (χ0) is 25.3. The van der Waals surface area contributed by atoms with Crippen LogP contribution in [0.5, 0.6) is 0 Å². The van der Waals surface area contributed by atoms with Gasteiger partial charge >= 0.3 is 0 Å². The summed E-state index contributed by atoms with van der Waals surface area (Å²) < 4.78 is 29.8. The highest BCUT2D eigenvalue weighted by molar-refractivity contribution is 7.87. The Bertz CT molecular complexity index is 1330. The van der Waals surface area contributed by atoms with Crippen LogP contribution in [-0.2, 0) is 10.2 Å². The minimum atomic E-state index is -3.45. The van der Waals surface area contributed by atoms with Crippen molar-refractivity contribution in [2.75, 3.05) is 30.0 Å². The molecule has 0 aromatic carbocycles. The Balaban J connectivity index is 1.33. The summed E-state index contributed by atoms with van der Waals surface area (Å²) in [4.78, 5) is 25.3. The Hall–Kier alpha value is -3.36. The highest BCUT2D eigenvalue weighted by Crippen LogP contribution is 2.30. The Labute approximate surface area is 209 Å². The summed E-state index contributed by atoms with van der Waals surface area (Å²) in [6.07, 6.45) is 9.61. The number of anilines is 3. The quantitative estimate of drug-likeness (QED) is 0.332. The first-order valence-corrected chi connectivity index (χ1v) is 13.4. The van der Waals surface area contributed by atoms with E-state index >= 15 is 0 Å². The molecule has 14 heteroatoms. The van der Waals surface area contributed by atoms with E-state index in [-0.39, 0.29) is 23.7 Å². The minimum absolute atomic E-state index is 0.0938. The van der Waals surface area contributed by atoms with Crippen LogP contribution in [-0.4, -0.2) is 75.4 Å². The molecule has 0 spiro atoms. The SMILES string of the molecule is CN(C)S(=O)(=O)N[C@H]1CC[C@H](Nc2cc(NC3CC3)c3ncc(C(=O)Nc4ccncn4)n3n2)CC1. The van der Waals surface area contributed by atoms with Crippen LogP contribution in [0, 0.1) is 0 Å². The minimum Gasteiger partial charge on any atom is -0.379 e. The molecule has 1 amide bonds. The van der Waals surface area contributed by atoms with Gasteiger partial charge in [-0.3, -0.25) is 4.79 Å². The van der Waals surface area contributed by atoms with Crippen molar-refractivity contribution >= 4 is 39.1 Å². The Morgan fingerprint density at radius 3 is 2.36 bits per heavy atom. The summed E-state index contributed by atoms with van der Waals surface area (Å²) in [5.41, 5.74) is 1.67. The molecule has 0 unspecified atom stereocenters. The van der Waals surface area contributed by atoms with Crippen molar-refractivity contribution in [3.8, 4) is 0 Å². The number of amides is 1. The van der Waals surface area contributed by atoms with Crippen LogP contribution in [0.25, 0.3) is 5.65 Å². The van der Waals surface area contributed by atoms with Crippen LogP contribution in [0.1, 0.15) is 49.0 Å². The van der Waals surface area contributed by atoms with Crippen molar-refractivity contribution in [1.82, 2.24) is 33.6 Å². The van der Waals surface area contributed by atoms with Gasteiger partial charge in [0.15, 0.2) is 11.3 Å². The molecule has 192 valence electrons. The molecule has 3 aromatic rings. The molecular formula is C22H30N10O3S. The summed E-state index contributed by atoms with van der Waals surface area (Å²) >= 11 is 0. The number of nitrogens with one attached hydrogen (secondary N) is 4. The van der Waals surface area contributed by atoms with Crippen LogP contribution < -0.4 is 20.7 Å². The van der Waals surface area contributed by atoms with Gasteiger partial charge in [0.25, 0.3) is 16.1 Å². The van der Waals surface area contributed by atoms with E-state index in [4.69, 9.17) is 0 Å². The maximum Gasteiger partial charge on any atom is 0.279 e. The van der Waals surface area contributed by atoms with Crippen LogP contribution in [0.15, 0.2) is 30.9 Å². The van der Waals surface area contributed by atoms with E-state index in [9.17, 15) is 13.2 Å². The normalized spacial score (nSPS) is 20.4. The monoisotopic (exact) mass is 514 g/mol. The molecule has 2 saturated carbocycles. The second-order valence-corrected chi connectivity index (χ2v) is 11.3. The van der Waals surface area contributed by atoms with Crippen molar-refractivity contribution < 1.29 is 13.2 Å². The topological polar surface area (TPSA) is 159 Å². The van der Waals surface area contributed by atoms with Gasteiger partial charge in [-0.25, -0.2) is 19.5 Å². The highest BCUT2D eigenvalue weighted by atomic mass is 32.2. The van der Waals surface area contributed by atoms with Crippen molar-refractivity contribution in [3.05, 3.63) is 36.5 Å². The van der Waals surface area contributed by atoms with Crippen molar-refractivity contribution in [1.29, 1.82) is 0 Å². The third-order valence-corrected chi connectivity index (χ3v) is 7.93. The van der Waals surface area contributed by atoms with Crippen LogP contribution in [0.4, 0.5) is 17.3 Å². The number of nitrogens with zero attached hydrogens (tertiary/aromatic N) is 6. The Kier molecular flexibility index (Phi) is 6.73. The van der Waals surface area contributed by atoms with E-state index in [1.165, 1.54) is 30.9 Å². The molecule has 3 heterocycles. The first-order valence-electron chi connectivity index (χ1n) is 12.0. The van der Waals surface area contributed by atoms with Crippen LogP contribution >= 0.6 is 0 Å². The zero-order valence-electron chi connectivity index (χ0n) is 20.2. The Morgan fingerprint density at radius 2 is 1.69 bits per heavy atom. The molecule has 36 heavy (non-hydrogen) atoms. The first-order chi connectivity index (χ1) is 17.3. The number of hydrogen-bond acceptors (Lipinski definition) is 9. The molecule has 0 atom stereocenters. The maximum absolute atomic E-state index is 13.0. The van der Waals surface area contributed by atoms with Gasteiger partial charge in [0.2, 0.25) is 0 Å². The second kappa shape index (κ2) is 9.95. The summed E-state index contributed by atoms with van der Waals surface area (Å²) in [5, 5.41) is 14.4. The van der Waals surface area contributed by atoms with Crippen molar-refractivity contribution in [2.45, 2.75) is 56.7 Å². The van der Waals surface area contributed by atoms with Gasteiger partial charge in [-0.2, -0.15) is 17.4 Å². The number of aromatic nitrogens is 5. The molecule has 2 aliphatic rings. The van der Waals surface area contributed by atoms with E-state index in [1.54, 1.807) is 16.8 Å². The molecule has 2 aliphatic carbocycles. The molecule has 0 aliphatic heterocycles. The number of hydrogen-bond donors (Lipinski definition) is 4. The molecule has 2 fully saturated rings. The summed E-state index contributed by atoms with van der Waals surface area (Å²) in [6, 6.07) is 3.96. The second-order valence-electron chi connectivity index (χ2n) is 9.39. The molecule has 0 saturated heterocycles. The number of fused-ring (bicyclic) bond motifs is 1. The standard InChI is InChI=1S/C22H30N10O3S/c1-31(2)36(34,35)30-16-7-5-15(6-8-16)27-20-11-17(26-14-3-4-14)21-24-12-18(32(21)29-20)22(33)28-19-9-10-23-13-25-19/h9-16,26,30H,3-8H2,1-2H3,(H,27,29)(H,23,25,28,33)/t15-,16-. The number of rotatable bonds is 9. The first kappa shape index (κ1) is 24.3. The van der Waals surface area contributed by atoms with Gasteiger partial charge < -0.3 is 16.0 Å². The predicted octanol–water partition coefficient (Wildman–Crippen LogP) is 1.46. The fraction of sp³-hybridized carbons (Fsp3) is 0.500. The Morgan fingerprint density at radius 1 is 1.00 bits per heavy atom. The lowest BCUT2D eigenvalue weighted by molar-refractivity contribution is 0.102. The smallest absolute Gasteiger partial charge is 0.279 e. The van der Waals surface area contributed by atoms with Gasteiger partial charge in [-0.1, -0.05) is 0 Å². The average molecular weight is 515 g/mol. The predicted molar refractivity (Wildman–Crippen MR) is 135 cm³/mol. The van der Waals surface area contributed by atoms with Gasteiger partial charge in [0, 0.05) is 44.5 Å². The largest absolute Gasteiger partial charge is 0.379 e. The number of carbonyl (C=O) groups is 1. The summed E-state index contributed by atoms with van der Waals surface area (Å²) in [6.45, 7) is 0. The third kappa shape index (κ3) is 5.55. The fourth-order valence-electron chi connectivity index (χ4n) is 4.17. The van der Waals surface area contributed by atoms with Crippen LogP contribution in [0.3, 0.4) is 0 Å². The molecule has 5 rings (SSSR count). The molecule has 3 aromatic heterocycles. The molecule has 4 N–H and O–H groups in total. The van der Waals surface area contributed by atoms with Crippen molar-refractivity contribution in [3.63, 3.8) is 0 Å². The van der Waals surface area contributed by atoms with E-state index in [0.29, 0.717) is 23.3 Å². The third-order valence-electron chi connectivity index (χ3n) is 6.34. The average Bonchev–Trinajstić information content (AvgIpc) is 3.56. The fourth-order valence-corrected chi connectivity index (χ4v) is 5.04. The zero-order valence-corrected chi connectivity index (χ0v) is 21.0. The molecular weight excluding hydrogens is 484 g/mol. The molecule has 0 bridgehead atoms. The van der Waals surface area contributed by atoms with E-state index in [0.717, 1.165) is 44.2 Å². The van der Waals surface area contributed by atoms with E-state index in [1.807, 2.05) is 6.07 Å². The lowest BCUT2D eigenvalue weighted by Gasteiger charge is -2.30. The van der Waals surface area contributed by atoms with Crippen molar-refractivity contribution in [2.24, 2.45) is 0 Å². The maximum atomic E-state index is 13.0. The molecule has 13 nitrogen and oxygen atoms in total. The number of imidazole rings is 1. The van der Waals surface area contributed by atoms with Gasteiger partial charge in [0.1, 0.15) is 18.0 Å². The lowest BCUT2D eigenvalue weighted by atomic mass is 9.92.